The molecule has 1 rings (SSSR count). The molecule has 1 aliphatic carbocycles. The Bertz CT molecular complexity index is 226. The highest BCUT2D eigenvalue weighted by Gasteiger charge is 2.29. The van der Waals surface area contributed by atoms with Crippen molar-refractivity contribution >= 4 is 5.91 Å². The summed E-state index contributed by atoms with van der Waals surface area (Å²) in [5, 5.41) is 2.49. The van der Waals surface area contributed by atoms with Crippen LogP contribution in [0.25, 0.3) is 0 Å². The number of hydrogen-bond acceptors (Lipinski definition) is 2. The van der Waals surface area contributed by atoms with Gasteiger partial charge in [-0.15, -0.1) is 0 Å². The van der Waals surface area contributed by atoms with Crippen LogP contribution in [0.15, 0.2) is 0 Å². The van der Waals surface area contributed by atoms with Crippen LogP contribution in [0.2, 0.25) is 0 Å². The van der Waals surface area contributed by atoms with E-state index in [0.717, 1.165) is 12.8 Å². The number of amides is 1. The van der Waals surface area contributed by atoms with Crippen molar-refractivity contribution in [2.45, 2.75) is 31.5 Å². The summed E-state index contributed by atoms with van der Waals surface area (Å²) in [5.41, 5.74) is 0. The molecule has 1 N–H and O–H groups in total. The van der Waals surface area contributed by atoms with Gasteiger partial charge in [-0.05, 0) is 12.8 Å². The molecule has 1 amide bonds. The van der Waals surface area contributed by atoms with E-state index in [1.54, 1.807) is 11.9 Å². The summed E-state index contributed by atoms with van der Waals surface area (Å²) in [6.45, 7) is -0.211. The minimum atomic E-state index is -4.15. The second kappa shape index (κ2) is 4.83. The average molecular weight is 224 g/mol. The van der Waals surface area contributed by atoms with Gasteiger partial charge in [0, 0.05) is 19.6 Å². The van der Waals surface area contributed by atoms with Gasteiger partial charge >= 0.3 is 6.18 Å². The third-order valence-corrected chi connectivity index (χ3v) is 2.35. The maximum Gasteiger partial charge on any atom is 0.390 e. The number of alkyl halides is 3. The van der Waals surface area contributed by atoms with Crippen molar-refractivity contribution < 1.29 is 18.0 Å². The number of likely N-dealkylation sites (N-methyl/N-ethyl adjacent to an activating group) is 1. The fourth-order valence-corrected chi connectivity index (χ4v) is 1.22. The lowest BCUT2D eigenvalue weighted by atomic mass is 10.4. The van der Waals surface area contributed by atoms with Crippen LogP contribution in [0.3, 0.4) is 0 Å². The van der Waals surface area contributed by atoms with Crippen LogP contribution in [-0.4, -0.2) is 43.2 Å². The van der Waals surface area contributed by atoms with Gasteiger partial charge in [-0.2, -0.15) is 13.2 Å². The SMILES string of the molecule is CN(C(=O)CNCCC(F)(F)F)C1CC1. The smallest absolute Gasteiger partial charge is 0.342 e. The third-order valence-electron chi connectivity index (χ3n) is 2.35. The summed E-state index contributed by atoms with van der Waals surface area (Å²) in [5.74, 6) is -0.139. The molecule has 0 aromatic carbocycles. The van der Waals surface area contributed by atoms with Gasteiger partial charge in [0.25, 0.3) is 0 Å². The Balaban J connectivity index is 2.06. The minimum absolute atomic E-state index is 0.0108. The molecule has 15 heavy (non-hydrogen) atoms. The van der Waals surface area contributed by atoms with Gasteiger partial charge in [-0.25, -0.2) is 0 Å². The zero-order valence-corrected chi connectivity index (χ0v) is 8.60. The van der Waals surface area contributed by atoms with Crippen molar-refractivity contribution in [1.82, 2.24) is 10.2 Å². The first-order valence-electron chi connectivity index (χ1n) is 4.93. The number of rotatable bonds is 5. The molecule has 0 saturated heterocycles. The highest BCUT2D eigenvalue weighted by Crippen LogP contribution is 2.25. The molecule has 88 valence electrons. The first-order valence-corrected chi connectivity index (χ1v) is 4.93. The van der Waals surface area contributed by atoms with Crippen LogP contribution in [0.1, 0.15) is 19.3 Å². The largest absolute Gasteiger partial charge is 0.390 e. The number of halogens is 3. The Hall–Kier alpha value is -0.780. The maximum absolute atomic E-state index is 11.7. The molecule has 0 bridgehead atoms. The molecule has 1 fully saturated rings. The summed E-state index contributed by atoms with van der Waals surface area (Å²) >= 11 is 0. The van der Waals surface area contributed by atoms with E-state index in [0.29, 0.717) is 6.04 Å². The van der Waals surface area contributed by atoms with E-state index in [9.17, 15) is 18.0 Å². The van der Waals surface area contributed by atoms with E-state index >= 15 is 0 Å². The van der Waals surface area contributed by atoms with Crippen molar-refractivity contribution in [2.24, 2.45) is 0 Å². The predicted molar refractivity (Wildman–Crippen MR) is 49.3 cm³/mol. The Morgan fingerprint density at radius 2 is 2.07 bits per heavy atom. The molecule has 6 heteroatoms. The van der Waals surface area contributed by atoms with Gasteiger partial charge in [0.1, 0.15) is 0 Å². The molecule has 0 unspecified atom stereocenters. The normalized spacial score (nSPS) is 16.5. The quantitative estimate of drug-likeness (QED) is 0.710. The van der Waals surface area contributed by atoms with Gasteiger partial charge in [0.2, 0.25) is 5.91 Å². The first-order chi connectivity index (χ1) is 6.90. The lowest BCUT2D eigenvalue weighted by Crippen LogP contribution is -2.37. The third kappa shape index (κ3) is 5.01. The molecule has 1 saturated carbocycles. The maximum atomic E-state index is 11.7. The van der Waals surface area contributed by atoms with Gasteiger partial charge in [0.05, 0.1) is 13.0 Å². The molecule has 3 nitrogen and oxygen atoms in total. The number of hydrogen-bond donors (Lipinski definition) is 1. The van der Waals surface area contributed by atoms with Crippen LogP contribution in [-0.2, 0) is 4.79 Å². The zero-order valence-electron chi connectivity index (χ0n) is 8.60. The van der Waals surface area contributed by atoms with Crippen LogP contribution in [0, 0.1) is 0 Å². The summed E-state index contributed by atoms with van der Waals surface area (Å²) in [7, 11) is 1.69. The predicted octanol–water partition coefficient (Wildman–Crippen LogP) is 1.15. The van der Waals surface area contributed by atoms with Gasteiger partial charge in [-0.1, -0.05) is 0 Å². The number of carbonyl (C=O) groups excluding carboxylic acids is 1. The van der Waals surface area contributed by atoms with Gasteiger partial charge < -0.3 is 10.2 Å². The highest BCUT2D eigenvalue weighted by molar-refractivity contribution is 5.78. The number of nitrogens with one attached hydrogen (secondary N) is 1. The lowest BCUT2D eigenvalue weighted by molar-refractivity contribution is -0.135. The van der Waals surface area contributed by atoms with Crippen molar-refractivity contribution in [3.8, 4) is 0 Å². The molecule has 0 aromatic heterocycles. The van der Waals surface area contributed by atoms with Crippen LogP contribution in [0.5, 0.6) is 0 Å². The highest BCUT2D eigenvalue weighted by atomic mass is 19.4. The molecular formula is C9H15F3N2O. The van der Waals surface area contributed by atoms with E-state index in [1.165, 1.54) is 0 Å². The molecule has 0 aliphatic heterocycles. The average Bonchev–Trinajstić information content (AvgIpc) is 2.92. The number of carbonyl (C=O) groups is 1. The molecular weight excluding hydrogens is 209 g/mol. The summed E-state index contributed by atoms with van der Waals surface area (Å²) in [6.07, 6.45) is -3.04. The topological polar surface area (TPSA) is 32.3 Å². The Kier molecular flexibility index (Phi) is 3.96. The summed E-state index contributed by atoms with van der Waals surface area (Å²) in [6, 6.07) is 0.307. The Morgan fingerprint density at radius 1 is 1.47 bits per heavy atom. The fraction of sp³-hybridized carbons (Fsp3) is 0.889. The Labute approximate surface area is 86.6 Å². The standard InChI is InChI=1S/C9H15F3N2O/c1-14(7-2-3-7)8(15)6-13-5-4-9(10,11)12/h7,13H,2-6H2,1H3. The Morgan fingerprint density at radius 3 is 2.53 bits per heavy atom. The van der Waals surface area contributed by atoms with E-state index in [2.05, 4.69) is 5.32 Å². The van der Waals surface area contributed by atoms with Crippen LogP contribution in [0.4, 0.5) is 13.2 Å². The molecule has 0 radical (unpaired) electrons. The lowest BCUT2D eigenvalue weighted by Gasteiger charge is -2.16. The zero-order chi connectivity index (χ0) is 11.5. The van der Waals surface area contributed by atoms with E-state index < -0.39 is 12.6 Å². The molecule has 0 heterocycles. The van der Waals surface area contributed by atoms with Gasteiger partial charge in [0.15, 0.2) is 0 Å². The molecule has 0 atom stereocenters. The van der Waals surface area contributed by atoms with Crippen molar-refractivity contribution in [3.63, 3.8) is 0 Å². The van der Waals surface area contributed by atoms with E-state index in [1.807, 2.05) is 0 Å². The summed E-state index contributed by atoms with van der Waals surface area (Å²) in [4.78, 5) is 12.9. The van der Waals surface area contributed by atoms with Gasteiger partial charge in [-0.3, -0.25) is 4.79 Å². The van der Waals surface area contributed by atoms with Crippen molar-refractivity contribution in [3.05, 3.63) is 0 Å². The molecule has 0 spiro atoms. The first kappa shape index (κ1) is 12.3. The minimum Gasteiger partial charge on any atom is -0.342 e. The van der Waals surface area contributed by atoms with Crippen molar-refractivity contribution in [1.29, 1.82) is 0 Å². The fourth-order valence-electron chi connectivity index (χ4n) is 1.22. The second-order valence-electron chi connectivity index (χ2n) is 3.78. The monoisotopic (exact) mass is 224 g/mol. The van der Waals surface area contributed by atoms with Crippen LogP contribution >= 0.6 is 0 Å². The molecule has 0 aromatic rings. The van der Waals surface area contributed by atoms with Crippen LogP contribution < -0.4 is 5.32 Å². The van der Waals surface area contributed by atoms with E-state index in [-0.39, 0.29) is 19.0 Å². The van der Waals surface area contributed by atoms with Crippen molar-refractivity contribution in [2.75, 3.05) is 20.1 Å². The van der Waals surface area contributed by atoms with E-state index in [4.69, 9.17) is 0 Å². The number of nitrogens with zero attached hydrogens (tertiary/aromatic N) is 1. The summed E-state index contributed by atoms with van der Waals surface area (Å²) < 4.78 is 35.2. The molecule has 1 aliphatic rings. The second-order valence-corrected chi connectivity index (χ2v) is 3.78.